The summed E-state index contributed by atoms with van der Waals surface area (Å²) in [7, 11) is 0. The van der Waals surface area contributed by atoms with E-state index in [4.69, 9.17) is 0 Å². The molecule has 0 unspecified atom stereocenters. The van der Waals surface area contributed by atoms with Gasteiger partial charge in [-0.2, -0.15) is 0 Å². The molecule has 1 heteroatoms. The highest BCUT2D eigenvalue weighted by molar-refractivity contribution is 4.52. The fourth-order valence-electron chi connectivity index (χ4n) is 3.25. The first-order valence-corrected chi connectivity index (χ1v) is 11.1. The van der Waals surface area contributed by atoms with Crippen LogP contribution in [-0.4, -0.2) is 13.1 Å². The minimum absolute atomic E-state index is 1.24. The second kappa shape index (κ2) is 22.0. The van der Waals surface area contributed by atoms with E-state index in [1.165, 1.54) is 129 Å². The lowest BCUT2D eigenvalue weighted by atomic mass is 10.1. The molecular weight excluding hydrogens is 278 g/mol. The Morgan fingerprint density at radius 3 is 0.913 bits per heavy atom. The van der Waals surface area contributed by atoms with E-state index in [0.717, 1.165) is 0 Å². The monoisotopic (exact) mass is 325 g/mol. The summed E-state index contributed by atoms with van der Waals surface area (Å²) in [5.41, 5.74) is 0. The van der Waals surface area contributed by atoms with Gasteiger partial charge >= 0.3 is 0 Å². The number of unbranched alkanes of at least 4 members (excludes halogenated alkanes) is 16. The van der Waals surface area contributed by atoms with Crippen LogP contribution in [0.4, 0.5) is 0 Å². The number of rotatable bonds is 20. The van der Waals surface area contributed by atoms with Gasteiger partial charge in [-0.25, -0.2) is 0 Å². The molecule has 0 saturated heterocycles. The molecule has 0 fully saturated rings. The van der Waals surface area contributed by atoms with E-state index < -0.39 is 0 Å². The first-order valence-electron chi connectivity index (χ1n) is 11.1. The predicted octanol–water partition coefficient (Wildman–Crippen LogP) is 7.64. The highest BCUT2D eigenvalue weighted by Crippen LogP contribution is 2.10. The second-order valence-electron chi connectivity index (χ2n) is 7.41. The Hall–Kier alpha value is -0.0400. The molecule has 1 N–H and O–H groups in total. The molecule has 0 atom stereocenters. The average Bonchev–Trinajstić information content (AvgIpc) is 2.57. The fraction of sp³-hybridized carbons (Fsp3) is 1.00. The van der Waals surface area contributed by atoms with Crippen molar-refractivity contribution in [2.24, 2.45) is 0 Å². The van der Waals surface area contributed by atoms with Crippen LogP contribution in [0.15, 0.2) is 0 Å². The Balaban J connectivity index is 2.92. The first-order chi connectivity index (χ1) is 11.4. The van der Waals surface area contributed by atoms with Crippen LogP contribution in [-0.2, 0) is 0 Å². The Labute approximate surface area is 148 Å². The van der Waals surface area contributed by atoms with Crippen molar-refractivity contribution in [3.63, 3.8) is 0 Å². The molecule has 0 aromatic carbocycles. The second-order valence-corrected chi connectivity index (χ2v) is 7.41. The average molecular weight is 326 g/mol. The zero-order chi connectivity index (χ0) is 16.8. The molecule has 0 bridgehead atoms. The fourth-order valence-corrected chi connectivity index (χ4v) is 3.25. The molecule has 0 rings (SSSR count). The zero-order valence-electron chi connectivity index (χ0n) is 16.6. The molecule has 0 saturated carbocycles. The van der Waals surface area contributed by atoms with Crippen molar-refractivity contribution >= 4 is 0 Å². The third kappa shape index (κ3) is 22.0. The molecule has 0 radical (unpaired) electrons. The highest BCUT2D eigenvalue weighted by Gasteiger charge is 1.94. The lowest BCUT2D eigenvalue weighted by Crippen LogP contribution is -2.16. The van der Waals surface area contributed by atoms with Crippen LogP contribution in [0.1, 0.15) is 129 Å². The van der Waals surface area contributed by atoms with Gasteiger partial charge < -0.3 is 5.32 Å². The van der Waals surface area contributed by atoms with E-state index >= 15 is 0 Å². The van der Waals surface area contributed by atoms with Crippen LogP contribution >= 0.6 is 0 Å². The van der Waals surface area contributed by atoms with Crippen LogP contribution in [0, 0.1) is 0 Å². The van der Waals surface area contributed by atoms with Crippen LogP contribution in [0.2, 0.25) is 0 Å². The molecular formula is C22H47N. The molecule has 0 aliphatic heterocycles. The van der Waals surface area contributed by atoms with E-state index in [0.29, 0.717) is 0 Å². The Bertz CT molecular complexity index is 170. The van der Waals surface area contributed by atoms with Crippen LogP contribution in [0.25, 0.3) is 0 Å². The Morgan fingerprint density at radius 1 is 0.348 bits per heavy atom. The predicted molar refractivity (Wildman–Crippen MR) is 107 cm³/mol. The summed E-state index contributed by atoms with van der Waals surface area (Å²) in [6.45, 7) is 7.07. The lowest BCUT2D eigenvalue weighted by molar-refractivity contribution is 0.528. The van der Waals surface area contributed by atoms with Crippen molar-refractivity contribution in [2.45, 2.75) is 129 Å². The zero-order valence-corrected chi connectivity index (χ0v) is 16.6. The van der Waals surface area contributed by atoms with E-state index in [-0.39, 0.29) is 0 Å². The summed E-state index contributed by atoms with van der Waals surface area (Å²) in [5, 5.41) is 3.62. The van der Waals surface area contributed by atoms with Crippen molar-refractivity contribution in [3.8, 4) is 0 Å². The highest BCUT2D eigenvalue weighted by atomic mass is 14.8. The first kappa shape index (κ1) is 23.0. The van der Waals surface area contributed by atoms with Crippen LogP contribution in [0.3, 0.4) is 0 Å². The Kier molecular flexibility index (Phi) is 21.9. The van der Waals surface area contributed by atoms with Gasteiger partial charge in [0.15, 0.2) is 0 Å². The van der Waals surface area contributed by atoms with Gasteiger partial charge in [-0.1, -0.05) is 117 Å². The Morgan fingerprint density at radius 2 is 0.609 bits per heavy atom. The van der Waals surface area contributed by atoms with E-state index in [1.54, 1.807) is 0 Å². The van der Waals surface area contributed by atoms with Gasteiger partial charge in [0.05, 0.1) is 0 Å². The molecule has 1 nitrogen and oxygen atoms in total. The smallest absolute Gasteiger partial charge is 0.00489 e. The van der Waals surface area contributed by atoms with Gasteiger partial charge in [0, 0.05) is 0 Å². The van der Waals surface area contributed by atoms with Gasteiger partial charge in [0.25, 0.3) is 0 Å². The maximum absolute atomic E-state index is 3.62. The van der Waals surface area contributed by atoms with Gasteiger partial charge in [0.2, 0.25) is 0 Å². The molecule has 0 aromatic rings. The topological polar surface area (TPSA) is 12.0 Å². The molecule has 0 heterocycles. The maximum atomic E-state index is 3.62. The van der Waals surface area contributed by atoms with E-state index in [2.05, 4.69) is 19.2 Å². The summed E-state index contributed by atoms with van der Waals surface area (Å²) < 4.78 is 0. The van der Waals surface area contributed by atoms with Crippen LogP contribution in [0.5, 0.6) is 0 Å². The van der Waals surface area contributed by atoms with E-state index in [9.17, 15) is 0 Å². The minimum atomic E-state index is 1.24. The number of hydrogen-bond acceptors (Lipinski definition) is 1. The summed E-state index contributed by atoms with van der Waals surface area (Å²) in [6.07, 6.45) is 25.8. The molecule has 140 valence electrons. The standard InChI is InChI=1S/C22H47N/c1-3-5-7-9-11-13-14-16-18-20-22-23-21-19-17-15-12-10-8-6-4-2/h23H,3-22H2,1-2H3. The molecule has 0 aromatic heterocycles. The maximum Gasteiger partial charge on any atom is -0.00489 e. The molecule has 0 amide bonds. The third-order valence-corrected chi connectivity index (χ3v) is 4.91. The van der Waals surface area contributed by atoms with Gasteiger partial charge in [-0.15, -0.1) is 0 Å². The van der Waals surface area contributed by atoms with Crippen molar-refractivity contribution in [3.05, 3.63) is 0 Å². The lowest BCUT2D eigenvalue weighted by Gasteiger charge is -2.05. The molecule has 23 heavy (non-hydrogen) atoms. The normalized spacial score (nSPS) is 11.2. The van der Waals surface area contributed by atoms with Crippen LogP contribution < -0.4 is 5.32 Å². The van der Waals surface area contributed by atoms with Crippen molar-refractivity contribution < 1.29 is 0 Å². The summed E-state index contributed by atoms with van der Waals surface area (Å²) in [4.78, 5) is 0. The summed E-state index contributed by atoms with van der Waals surface area (Å²) in [6, 6.07) is 0. The van der Waals surface area contributed by atoms with Gasteiger partial charge in [-0.05, 0) is 25.9 Å². The van der Waals surface area contributed by atoms with E-state index in [1.807, 2.05) is 0 Å². The molecule has 0 aliphatic carbocycles. The van der Waals surface area contributed by atoms with Crippen molar-refractivity contribution in [1.29, 1.82) is 0 Å². The molecule has 0 spiro atoms. The largest absolute Gasteiger partial charge is 0.317 e. The summed E-state index contributed by atoms with van der Waals surface area (Å²) >= 11 is 0. The quantitative estimate of drug-likeness (QED) is 0.227. The van der Waals surface area contributed by atoms with Gasteiger partial charge in [0.1, 0.15) is 0 Å². The van der Waals surface area contributed by atoms with Crippen molar-refractivity contribution in [2.75, 3.05) is 13.1 Å². The molecule has 0 aliphatic rings. The third-order valence-electron chi connectivity index (χ3n) is 4.91. The van der Waals surface area contributed by atoms with Gasteiger partial charge in [-0.3, -0.25) is 0 Å². The SMILES string of the molecule is CCCCCCCCCCCCNCCCCCCCCCC. The summed E-state index contributed by atoms with van der Waals surface area (Å²) in [5.74, 6) is 0. The van der Waals surface area contributed by atoms with Crippen molar-refractivity contribution in [1.82, 2.24) is 5.32 Å². The minimum Gasteiger partial charge on any atom is -0.317 e. The number of nitrogens with one attached hydrogen (secondary N) is 1. The number of hydrogen-bond donors (Lipinski definition) is 1.